The zero-order valence-corrected chi connectivity index (χ0v) is 7.61. The Morgan fingerprint density at radius 1 is 1.43 bits per heavy atom. The second-order valence-corrected chi connectivity index (χ2v) is 3.63. The molecule has 1 aromatic carbocycles. The summed E-state index contributed by atoms with van der Waals surface area (Å²) in [5, 5.41) is 8.66. The van der Waals surface area contributed by atoms with Gasteiger partial charge in [0.25, 0.3) is 0 Å². The number of hydrogen-bond donors (Lipinski definition) is 1. The number of hydrogen-bond acceptors (Lipinski definition) is 1. The van der Waals surface area contributed by atoms with Crippen molar-refractivity contribution in [2.75, 3.05) is 0 Å². The van der Waals surface area contributed by atoms with E-state index in [0.29, 0.717) is 12.0 Å². The summed E-state index contributed by atoms with van der Waals surface area (Å²) in [4.78, 5) is 10.5. The van der Waals surface area contributed by atoms with Crippen LogP contribution in [0.5, 0.6) is 0 Å². The summed E-state index contributed by atoms with van der Waals surface area (Å²) in [5.74, 6) is -1.02. The van der Waals surface area contributed by atoms with Crippen LogP contribution in [0, 0.1) is 0 Å². The summed E-state index contributed by atoms with van der Waals surface area (Å²) in [6.45, 7) is 0. The summed E-state index contributed by atoms with van der Waals surface area (Å²) in [7, 11) is 0. The first-order valence-electron chi connectivity index (χ1n) is 4.63. The number of halogens is 1. The Balaban J connectivity index is 2.29. The quantitative estimate of drug-likeness (QED) is 0.785. The van der Waals surface area contributed by atoms with Crippen LogP contribution in [0.2, 0.25) is 0 Å². The molecule has 0 saturated carbocycles. The molecule has 1 aliphatic rings. The van der Waals surface area contributed by atoms with E-state index >= 15 is 0 Å². The molecule has 2 unspecified atom stereocenters. The Bertz CT molecular complexity index is 362. The highest BCUT2D eigenvalue weighted by Gasteiger charge is 2.31. The third-order valence-corrected chi connectivity index (χ3v) is 2.69. The molecule has 0 bridgehead atoms. The molecule has 0 saturated heterocycles. The maximum atomic E-state index is 13.4. The molecule has 3 heteroatoms. The van der Waals surface area contributed by atoms with Crippen molar-refractivity contribution in [2.24, 2.45) is 0 Å². The molecule has 2 nitrogen and oxygen atoms in total. The number of carboxylic acid groups (broad SMARTS) is 1. The van der Waals surface area contributed by atoms with Crippen LogP contribution in [0.15, 0.2) is 24.3 Å². The van der Waals surface area contributed by atoms with E-state index in [2.05, 4.69) is 0 Å². The molecule has 0 aromatic heterocycles. The normalized spacial score (nSPS) is 24.6. The average molecular weight is 194 g/mol. The number of fused-ring (bicyclic) bond motifs is 1. The molecule has 0 fully saturated rings. The van der Waals surface area contributed by atoms with E-state index in [4.69, 9.17) is 5.11 Å². The van der Waals surface area contributed by atoms with Crippen molar-refractivity contribution in [3.63, 3.8) is 0 Å². The SMILES string of the molecule is O=C(O)CC1CC(F)c2ccccc21. The fraction of sp³-hybridized carbons (Fsp3) is 0.364. The van der Waals surface area contributed by atoms with Crippen molar-refractivity contribution in [1.82, 2.24) is 0 Å². The largest absolute Gasteiger partial charge is 0.481 e. The van der Waals surface area contributed by atoms with Crippen LogP contribution in [0.3, 0.4) is 0 Å². The monoisotopic (exact) mass is 194 g/mol. The molecule has 1 aliphatic carbocycles. The van der Waals surface area contributed by atoms with Crippen molar-refractivity contribution in [2.45, 2.75) is 24.9 Å². The topological polar surface area (TPSA) is 37.3 Å². The maximum Gasteiger partial charge on any atom is 0.303 e. The predicted octanol–water partition coefficient (Wildman–Crippen LogP) is 2.66. The van der Waals surface area contributed by atoms with Gasteiger partial charge in [-0.1, -0.05) is 24.3 Å². The number of benzene rings is 1. The van der Waals surface area contributed by atoms with E-state index in [1.165, 1.54) is 0 Å². The maximum absolute atomic E-state index is 13.4. The average Bonchev–Trinajstić information content (AvgIpc) is 2.44. The second-order valence-electron chi connectivity index (χ2n) is 3.63. The van der Waals surface area contributed by atoms with Crippen molar-refractivity contribution < 1.29 is 14.3 Å². The summed E-state index contributed by atoms with van der Waals surface area (Å²) >= 11 is 0. The molecule has 2 rings (SSSR count). The van der Waals surface area contributed by atoms with Gasteiger partial charge in [-0.05, 0) is 23.5 Å². The minimum absolute atomic E-state index is 0.0252. The van der Waals surface area contributed by atoms with Crippen LogP contribution in [0.1, 0.15) is 36.1 Å². The number of aliphatic carboxylic acids is 1. The van der Waals surface area contributed by atoms with Gasteiger partial charge in [-0.15, -0.1) is 0 Å². The van der Waals surface area contributed by atoms with Gasteiger partial charge in [0.2, 0.25) is 0 Å². The summed E-state index contributed by atoms with van der Waals surface area (Å²) in [5.41, 5.74) is 1.53. The molecule has 0 amide bonds. The molecule has 2 atom stereocenters. The van der Waals surface area contributed by atoms with Gasteiger partial charge in [-0.25, -0.2) is 4.39 Å². The standard InChI is InChI=1S/C11H11FO2/c12-10-5-7(6-11(13)14)8-3-1-2-4-9(8)10/h1-4,7,10H,5-6H2,(H,13,14). The number of carbonyl (C=O) groups is 1. The van der Waals surface area contributed by atoms with E-state index in [9.17, 15) is 9.18 Å². The lowest BCUT2D eigenvalue weighted by Gasteiger charge is -2.06. The minimum atomic E-state index is -0.990. The summed E-state index contributed by atoms with van der Waals surface area (Å²) < 4.78 is 13.4. The van der Waals surface area contributed by atoms with E-state index in [1.54, 1.807) is 12.1 Å². The Labute approximate surface area is 81.4 Å². The van der Waals surface area contributed by atoms with Crippen LogP contribution in [0.4, 0.5) is 4.39 Å². The van der Waals surface area contributed by atoms with E-state index in [1.807, 2.05) is 12.1 Å². The van der Waals surface area contributed by atoms with Crippen molar-refractivity contribution in [3.05, 3.63) is 35.4 Å². The fourth-order valence-corrected chi connectivity index (χ4v) is 2.08. The Kier molecular flexibility index (Phi) is 2.23. The Morgan fingerprint density at radius 3 is 2.71 bits per heavy atom. The highest BCUT2D eigenvalue weighted by Crippen LogP contribution is 2.43. The minimum Gasteiger partial charge on any atom is -0.481 e. The summed E-state index contributed by atoms with van der Waals surface area (Å²) in [6, 6.07) is 7.17. The molecular weight excluding hydrogens is 183 g/mol. The van der Waals surface area contributed by atoms with E-state index in [-0.39, 0.29) is 12.3 Å². The van der Waals surface area contributed by atoms with Crippen molar-refractivity contribution in [3.8, 4) is 0 Å². The lowest BCUT2D eigenvalue weighted by atomic mass is 9.98. The summed E-state index contributed by atoms with van der Waals surface area (Å²) in [6.07, 6.45) is -0.654. The zero-order valence-electron chi connectivity index (χ0n) is 7.61. The van der Waals surface area contributed by atoms with Gasteiger partial charge in [0.15, 0.2) is 0 Å². The van der Waals surface area contributed by atoms with Crippen LogP contribution in [-0.4, -0.2) is 11.1 Å². The van der Waals surface area contributed by atoms with Crippen LogP contribution < -0.4 is 0 Å². The highest BCUT2D eigenvalue weighted by molar-refractivity contribution is 5.68. The van der Waals surface area contributed by atoms with Gasteiger partial charge in [0.1, 0.15) is 6.17 Å². The Hall–Kier alpha value is -1.38. The van der Waals surface area contributed by atoms with Gasteiger partial charge in [0, 0.05) is 0 Å². The first-order chi connectivity index (χ1) is 6.68. The first kappa shape index (κ1) is 9.19. The van der Waals surface area contributed by atoms with Crippen molar-refractivity contribution in [1.29, 1.82) is 0 Å². The molecule has 1 aromatic rings. The molecule has 0 heterocycles. The first-order valence-corrected chi connectivity index (χ1v) is 4.63. The third-order valence-electron chi connectivity index (χ3n) is 2.69. The number of rotatable bonds is 2. The molecule has 1 N–H and O–H groups in total. The lowest BCUT2D eigenvalue weighted by molar-refractivity contribution is -0.137. The van der Waals surface area contributed by atoms with Gasteiger partial charge in [-0.3, -0.25) is 4.79 Å². The van der Waals surface area contributed by atoms with Crippen LogP contribution >= 0.6 is 0 Å². The third kappa shape index (κ3) is 1.50. The molecule has 74 valence electrons. The van der Waals surface area contributed by atoms with E-state index < -0.39 is 12.1 Å². The highest BCUT2D eigenvalue weighted by atomic mass is 19.1. The molecular formula is C11H11FO2. The number of carboxylic acids is 1. The van der Waals surface area contributed by atoms with Gasteiger partial charge in [-0.2, -0.15) is 0 Å². The molecule has 0 spiro atoms. The van der Waals surface area contributed by atoms with Gasteiger partial charge in [0.05, 0.1) is 6.42 Å². The molecule has 14 heavy (non-hydrogen) atoms. The predicted molar refractivity (Wildman–Crippen MR) is 49.9 cm³/mol. The second kappa shape index (κ2) is 3.40. The van der Waals surface area contributed by atoms with Gasteiger partial charge >= 0.3 is 5.97 Å². The van der Waals surface area contributed by atoms with E-state index in [0.717, 1.165) is 5.56 Å². The molecule has 0 aliphatic heterocycles. The lowest BCUT2D eigenvalue weighted by Crippen LogP contribution is -2.02. The van der Waals surface area contributed by atoms with Gasteiger partial charge < -0.3 is 5.11 Å². The number of alkyl halides is 1. The van der Waals surface area contributed by atoms with Crippen molar-refractivity contribution >= 4 is 5.97 Å². The smallest absolute Gasteiger partial charge is 0.303 e. The van der Waals surface area contributed by atoms with Crippen LogP contribution in [-0.2, 0) is 4.79 Å². The fourth-order valence-electron chi connectivity index (χ4n) is 2.08. The Morgan fingerprint density at radius 2 is 2.07 bits per heavy atom. The molecule has 0 radical (unpaired) electrons. The zero-order chi connectivity index (χ0) is 10.1. The van der Waals surface area contributed by atoms with Crippen LogP contribution in [0.25, 0.3) is 0 Å².